The lowest BCUT2D eigenvalue weighted by atomic mass is 10.1. The normalized spacial score (nSPS) is 27.8. The van der Waals surface area contributed by atoms with E-state index in [1.54, 1.807) is 6.92 Å². The molecule has 0 spiro atoms. The lowest BCUT2D eigenvalue weighted by molar-refractivity contribution is -0.146. The fourth-order valence-electron chi connectivity index (χ4n) is 1.58. The maximum atomic E-state index is 11.6. The van der Waals surface area contributed by atoms with Crippen molar-refractivity contribution in [1.82, 2.24) is 4.31 Å². The Balaban J connectivity index is 3.06. The van der Waals surface area contributed by atoms with Crippen molar-refractivity contribution in [2.75, 3.05) is 12.3 Å². The number of nitrogens with zero attached hydrogens (tertiary/aromatic N) is 1. The predicted molar refractivity (Wildman–Crippen MR) is 51.4 cm³/mol. The predicted octanol–water partition coefficient (Wildman–Crippen LogP) is 0.131. The molecule has 6 heteroatoms. The van der Waals surface area contributed by atoms with Gasteiger partial charge in [0, 0.05) is 6.54 Å². The van der Waals surface area contributed by atoms with Gasteiger partial charge < -0.3 is 5.11 Å². The van der Waals surface area contributed by atoms with Crippen molar-refractivity contribution in [3.05, 3.63) is 0 Å². The number of carboxylic acid groups (broad SMARTS) is 1. The van der Waals surface area contributed by atoms with Crippen molar-refractivity contribution in [1.29, 1.82) is 0 Å². The molecule has 82 valence electrons. The largest absolute Gasteiger partial charge is 0.480 e. The van der Waals surface area contributed by atoms with E-state index >= 15 is 0 Å². The average molecular weight is 221 g/mol. The maximum absolute atomic E-state index is 11.6. The summed E-state index contributed by atoms with van der Waals surface area (Å²) in [6.07, 6.45) is 0. The zero-order valence-electron chi connectivity index (χ0n) is 8.52. The van der Waals surface area contributed by atoms with Gasteiger partial charge in [-0.15, -0.1) is 0 Å². The van der Waals surface area contributed by atoms with Gasteiger partial charge in [-0.05, 0) is 19.8 Å². The van der Waals surface area contributed by atoms with Gasteiger partial charge in [-0.3, -0.25) is 4.79 Å². The molecule has 1 aliphatic heterocycles. The summed E-state index contributed by atoms with van der Waals surface area (Å²) < 4.78 is 24.2. The van der Waals surface area contributed by atoms with E-state index in [4.69, 9.17) is 5.11 Å². The summed E-state index contributed by atoms with van der Waals surface area (Å²) in [5.41, 5.74) is -1.34. The van der Waals surface area contributed by atoms with Crippen LogP contribution in [-0.2, 0) is 14.8 Å². The number of rotatable bonds is 2. The van der Waals surface area contributed by atoms with Crippen molar-refractivity contribution in [2.24, 2.45) is 5.92 Å². The first-order valence-electron chi connectivity index (χ1n) is 4.42. The second-order valence-corrected chi connectivity index (χ2v) is 6.22. The molecule has 1 aliphatic rings. The SMILES string of the molecule is CC1CN(C(C)(C)C(=O)O)S(=O)(=O)C1. The second-order valence-electron chi connectivity index (χ2n) is 4.28. The molecule has 0 aromatic carbocycles. The highest BCUT2D eigenvalue weighted by Gasteiger charge is 2.46. The van der Waals surface area contributed by atoms with E-state index in [0.717, 1.165) is 4.31 Å². The number of hydrogen-bond acceptors (Lipinski definition) is 3. The van der Waals surface area contributed by atoms with Crippen LogP contribution >= 0.6 is 0 Å². The van der Waals surface area contributed by atoms with Gasteiger partial charge >= 0.3 is 5.97 Å². The van der Waals surface area contributed by atoms with Crippen LogP contribution < -0.4 is 0 Å². The third-order valence-corrected chi connectivity index (χ3v) is 4.72. The average Bonchev–Trinajstić information content (AvgIpc) is 2.24. The summed E-state index contributed by atoms with van der Waals surface area (Å²) in [6.45, 7) is 4.91. The van der Waals surface area contributed by atoms with Gasteiger partial charge in [0.1, 0.15) is 5.54 Å². The molecule has 1 rings (SSSR count). The minimum atomic E-state index is -3.39. The number of hydrogen-bond donors (Lipinski definition) is 1. The van der Waals surface area contributed by atoms with E-state index in [-0.39, 0.29) is 11.7 Å². The van der Waals surface area contributed by atoms with Crippen molar-refractivity contribution in [2.45, 2.75) is 26.3 Å². The molecule has 0 aromatic rings. The molecule has 0 aromatic heterocycles. The number of aliphatic carboxylic acids is 1. The van der Waals surface area contributed by atoms with Crippen LogP contribution in [0.15, 0.2) is 0 Å². The highest BCUT2D eigenvalue weighted by Crippen LogP contribution is 2.28. The van der Waals surface area contributed by atoms with Crippen molar-refractivity contribution in [3.8, 4) is 0 Å². The Labute approximate surface area is 83.8 Å². The topological polar surface area (TPSA) is 74.7 Å². The summed E-state index contributed by atoms with van der Waals surface area (Å²) in [4.78, 5) is 10.9. The molecule has 1 atom stereocenters. The molecule has 1 N–H and O–H groups in total. The molecule has 1 saturated heterocycles. The third-order valence-electron chi connectivity index (χ3n) is 2.46. The lowest BCUT2D eigenvalue weighted by Gasteiger charge is -2.29. The standard InChI is InChI=1S/C8H15NO4S/c1-6-4-9(14(12,13)5-6)8(2,3)7(10)11/h6H,4-5H2,1-3H3,(H,10,11). The summed E-state index contributed by atoms with van der Waals surface area (Å²) in [5.74, 6) is -1.07. The van der Waals surface area contributed by atoms with Crippen LogP contribution in [-0.4, -0.2) is 41.6 Å². The first-order chi connectivity index (χ1) is 6.18. The van der Waals surface area contributed by atoms with E-state index < -0.39 is 21.5 Å². The van der Waals surface area contributed by atoms with Crippen LogP contribution in [0.2, 0.25) is 0 Å². The Bertz CT molecular complexity index is 346. The van der Waals surface area contributed by atoms with Gasteiger partial charge in [0.25, 0.3) is 0 Å². The maximum Gasteiger partial charge on any atom is 0.324 e. The fourth-order valence-corrected chi connectivity index (χ4v) is 3.84. The smallest absolute Gasteiger partial charge is 0.324 e. The third kappa shape index (κ3) is 1.76. The van der Waals surface area contributed by atoms with Gasteiger partial charge in [-0.1, -0.05) is 6.92 Å². The van der Waals surface area contributed by atoms with Crippen molar-refractivity contribution in [3.63, 3.8) is 0 Å². The van der Waals surface area contributed by atoms with Crippen LogP contribution in [0.3, 0.4) is 0 Å². The minimum Gasteiger partial charge on any atom is -0.480 e. The summed E-state index contributed by atoms with van der Waals surface area (Å²) in [5, 5.41) is 8.91. The monoisotopic (exact) mass is 221 g/mol. The second kappa shape index (κ2) is 3.20. The van der Waals surface area contributed by atoms with E-state index in [1.807, 2.05) is 0 Å². The van der Waals surface area contributed by atoms with Gasteiger partial charge in [-0.2, -0.15) is 4.31 Å². The van der Waals surface area contributed by atoms with Crippen LogP contribution in [0.25, 0.3) is 0 Å². The fraction of sp³-hybridized carbons (Fsp3) is 0.875. The highest BCUT2D eigenvalue weighted by molar-refractivity contribution is 7.89. The molecular formula is C8H15NO4S. The molecule has 1 unspecified atom stereocenters. The Hall–Kier alpha value is -0.620. The summed E-state index contributed by atoms with van der Waals surface area (Å²) in [7, 11) is -3.39. The zero-order chi connectivity index (χ0) is 11.1. The van der Waals surface area contributed by atoms with Crippen molar-refractivity contribution >= 4 is 16.0 Å². The van der Waals surface area contributed by atoms with Crippen LogP contribution in [0.4, 0.5) is 0 Å². The molecule has 0 saturated carbocycles. The van der Waals surface area contributed by atoms with E-state index in [2.05, 4.69) is 0 Å². The lowest BCUT2D eigenvalue weighted by Crippen LogP contribution is -2.50. The van der Waals surface area contributed by atoms with Crippen molar-refractivity contribution < 1.29 is 18.3 Å². The van der Waals surface area contributed by atoms with E-state index in [9.17, 15) is 13.2 Å². The number of sulfonamides is 1. The van der Waals surface area contributed by atoms with Crippen LogP contribution in [0.5, 0.6) is 0 Å². The zero-order valence-corrected chi connectivity index (χ0v) is 9.34. The summed E-state index contributed by atoms with van der Waals surface area (Å²) in [6, 6.07) is 0. The first-order valence-corrected chi connectivity index (χ1v) is 6.03. The molecule has 5 nitrogen and oxygen atoms in total. The van der Waals surface area contributed by atoms with Crippen LogP contribution in [0.1, 0.15) is 20.8 Å². The Morgan fingerprint density at radius 2 is 2.00 bits per heavy atom. The summed E-state index contributed by atoms with van der Waals surface area (Å²) >= 11 is 0. The Morgan fingerprint density at radius 1 is 1.50 bits per heavy atom. The van der Waals surface area contributed by atoms with Gasteiger partial charge in [0.15, 0.2) is 0 Å². The molecule has 1 heterocycles. The van der Waals surface area contributed by atoms with E-state index in [0.29, 0.717) is 6.54 Å². The molecular weight excluding hydrogens is 206 g/mol. The Kier molecular flexibility index (Phi) is 2.62. The van der Waals surface area contributed by atoms with Crippen LogP contribution in [0, 0.1) is 5.92 Å². The molecule has 0 radical (unpaired) electrons. The number of carboxylic acids is 1. The van der Waals surface area contributed by atoms with E-state index in [1.165, 1.54) is 13.8 Å². The first kappa shape index (κ1) is 11.5. The highest BCUT2D eigenvalue weighted by atomic mass is 32.2. The molecule has 1 fully saturated rings. The van der Waals surface area contributed by atoms with Gasteiger partial charge in [0.2, 0.25) is 10.0 Å². The number of carbonyl (C=O) groups is 1. The molecule has 0 aliphatic carbocycles. The molecule has 0 bridgehead atoms. The van der Waals surface area contributed by atoms with Gasteiger partial charge in [0.05, 0.1) is 5.75 Å². The Morgan fingerprint density at radius 3 is 2.29 bits per heavy atom. The molecule has 14 heavy (non-hydrogen) atoms. The van der Waals surface area contributed by atoms with Gasteiger partial charge in [-0.25, -0.2) is 8.42 Å². The molecule has 0 amide bonds. The quantitative estimate of drug-likeness (QED) is 0.719. The minimum absolute atomic E-state index is 0.00127.